The van der Waals surface area contributed by atoms with Crippen molar-refractivity contribution in [3.63, 3.8) is 0 Å². The molecule has 5 rings (SSSR count). The third-order valence-corrected chi connectivity index (χ3v) is 8.83. The third-order valence-electron chi connectivity index (χ3n) is 8.83. The van der Waals surface area contributed by atoms with Gasteiger partial charge in [0.2, 0.25) is 5.91 Å². The number of imidazole rings is 1. The minimum atomic E-state index is -0.0758. The number of aromatic nitrogens is 2. The van der Waals surface area contributed by atoms with E-state index in [4.69, 9.17) is 4.74 Å². The highest BCUT2D eigenvalue weighted by Gasteiger charge is 2.68. The van der Waals surface area contributed by atoms with Crippen molar-refractivity contribution in [2.75, 3.05) is 13.2 Å². The Bertz CT molecular complexity index is 1060. The number of nitrogens with one attached hydrogen (secondary N) is 3. The van der Waals surface area contributed by atoms with Crippen molar-refractivity contribution < 1.29 is 14.3 Å². The fourth-order valence-corrected chi connectivity index (χ4v) is 7.01. The molecule has 1 aromatic heterocycles. The minimum absolute atomic E-state index is 0.0124. The summed E-state index contributed by atoms with van der Waals surface area (Å²) in [5, 5.41) is 6.52. The zero-order chi connectivity index (χ0) is 23.4. The first-order chi connectivity index (χ1) is 15.7. The van der Waals surface area contributed by atoms with E-state index in [1.165, 1.54) is 6.42 Å². The van der Waals surface area contributed by atoms with Gasteiger partial charge in [-0.25, -0.2) is 4.98 Å². The maximum absolute atomic E-state index is 12.7. The predicted molar refractivity (Wildman–Crippen MR) is 127 cm³/mol. The van der Waals surface area contributed by atoms with Gasteiger partial charge in [-0.2, -0.15) is 0 Å². The summed E-state index contributed by atoms with van der Waals surface area (Å²) in [4.78, 5) is 32.6. The quantitative estimate of drug-likeness (QED) is 0.623. The van der Waals surface area contributed by atoms with Crippen molar-refractivity contribution in [2.45, 2.75) is 65.5 Å². The number of hydrogen-bond donors (Lipinski definition) is 3. The van der Waals surface area contributed by atoms with Crippen LogP contribution < -0.4 is 10.6 Å². The molecular weight excluding hydrogens is 416 g/mol. The molecule has 7 nitrogen and oxygen atoms in total. The molecule has 1 spiro atoms. The second-order valence-electron chi connectivity index (χ2n) is 11.2. The summed E-state index contributed by atoms with van der Waals surface area (Å²) in [5.41, 5.74) is 2.55. The summed E-state index contributed by atoms with van der Waals surface area (Å²) in [7, 11) is 0. The smallest absolute Gasteiger partial charge is 0.251 e. The molecule has 5 atom stereocenters. The first-order valence-corrected chi connectivity index (χ1v) is 12.4. The molecule has 2 aromatic rings. The van der Waals surface area contributed by atoms with Crippen molar-refractivity contribution in [3.05, 3.63) is 30.1 Å². The molecule has 2 bridgehead atoms. The number of aromatic amines is 1. The lowest BCUT2D eigenvalue weighted by Gasteiger charge is -2.53. The molecule has 3 N–H and O–H groups in total. The molecule has 0 radical (unpaired) electrons. The van der Waals surface area contributed by atoms with E-state index in [1.807, 2.05) is 32.0 Å². The van der Waals surface area contributed by atoms with Gasteiger partial charge >= 0.3 is 0 Å². The fourth-order valence-electron chi connectivity index (χ4n) is 7.01. The van der Waals surface area contributed by atoms with Gasteiger partial charge in [0.15, 0.2) is 0 Å². The molecule has 2 amide bonds. The number of H-pyrrole nitrogens is 1. The van der Waals surface area contributed by atoms with E-state index < -0.39 is 0 Å². The number of nitrogens with zero attached hydrogens (tertiary/aromatic N) is 1. The Morgan fingerprint density at radius 1 is 1.30 bits per heavy atom. The van der Waals surface area contributed by atoms with E-state index >= 15 is 0 Å². The van der Waals surface area contributed by atoms with Gasteiger partial charge in [-0.15, -0.1) is 0 Å². The number of carbonyl (C=O) groups is 2. The second kappa shape index (κ2) is 8.12. The molecule has 1 aliphatic heterocycles. The van der Waals surface area contributed by atoms with Crippen LogP contribution in [0.4, 0.5) is 0 Å². The van der Waals surface area contributed by atoms with Gasteiger partial charge in [-0.05, 0) is 66.5 Å². The Hall–Kier alpha value is -2.41. The van der Waals surface area contributed by atoms with Crippen LogP contribution >= 0.6 is 0 Å². The molecule has 7 heteroatoms. The van der Waals surface area contributed by atoms with Crippen LogP contribution in [-0.4, -0.2) is 47.1 Å². The van der Waals surface area contributed by atoms with Crippen LogP contribution in [0.1, 0.15) is 63.7 Å². The molecule has 1 aromatic carbocycles. The molecule has 3 fully saturated rings. The lowest BCUT2D eigenvalue weighted by molar-refractivity contribution is -0.138. The molecule has 2 saturated carbocycles. The average molecular weight is 453 g/mol. The largest absolute Gasteiger partial charge is 0.378 e. The standard InChI is InChI=1S/C26H36N4O3/c1-15(2)22(31)30-24-25(3,4)17-12-18-21(33-10-8-26(18,24)13-17)7-9-27-23(32)16-5-6-19-20(11-16)29-14-28-19/h5-6,11,14-15,17-18,21,24H,7-10,12-13H2,1-4H3,(H,27,32)(H,28,29)(H,30,31)/t17-,18-,21-,24-,26-/m1/s1. The molecule has 1 saturated heterocycles. The summed E-state index contributed by atoms with van der Waals surface area (Å²) in [5.74, 6) is 1.09. The van der Waals surface area contributed by atoms with Crippen molar-refractivity contribution in [1.29, 1.82) is 0 Å². The number of amides is 2. The van der Waals surface area contributed by atoms with Crippen LogP contribution in [0.25, 0.3) is 11.0 Å². The second-order valence-corrected chi connectivity index (χ2v) is 11.2. The molecular formula is C26H36N4O3. The zero-order valence-electron chi connectivity index (χ0n) is 20.1. The van der Waals surface area contributed by atoms with Crippen LogP contribution in [0.2, 0.25) is 0 Å². The normalized spacial score (nSPS) is 32.2. The molecule has 2 aliphatic carbocycles. The molecule has 3 aliphatic rings. The van der Waals surface area contributed by atoms with Gasteiger partial charge in [0, 0.05) is 30.7 Å². The van der Waals surface area contributed by atoms with Crippen molar-refractivity contribution in [2.24, 2.45) is 28.6 Å². The molecule has 0 unspecified atom stereocenters. The van der Waals surface area contributed by atoms with Crippen molar-refractivity contribution >= 4 is 22.8 Å². The van der Waals surface area contributed by atoms with E-state index in [9.17, 15) is 9.59 Å². The van der Waals surface area contributed by atoms with Gasteiger partial charge in [0.05, 0.1) is 23.5 Å². The summed E-state index contributed by atoms with van der Waals surface area (Å²) >= 11 is 0. The Morgan fingerprint density at radius 2 is 2.12 bits per heavy atom. The zero-order valence-corrected chi connectivity index (χ0v) is 20.1. The number of benzene rings is 1. The van der Waals surface area contributed by atoms with E-state index in [1.54, 1.807) is 6.33 Å². The van der Waals surface area contributed by atoms with Crippen LogP contribution in [-0.2, 0) is 9.53 Å². The van der Waals surface area contributed by atoms with Crippen LogP contribution in [0, 0.1) is 28.6 Å². The predicted octanol–water partition coefficient (Wildman–Crippen LogP) is 3.66. The van der Waals surface area contributed by atoms with Gasteiger partial charge in [-0.3, -0.25) is 9.59 Å². The number of ether oxygens (including phenoxy) is 1. The summed E-state index contributed by atoms with van der Waals surface area (Å²) < 4.78 is 6.27. The van der Waals surface area contributed by atoms with Crippen molar-refractivity contribution in [1.82, 2.24) is 20.6 Å². The maximum atomic E-state index is 12.7. The molecule has 178 valence electrons. The van der Waals surface area contributed by atoms with E-state index in [-0.39, 0.29) is 40.7 Å². The maximum Gasteiger partial charge on any atom is 0.251 e. The number of carbonyl (C=O) groups excluding carboxylic acids is 2. The Morgan fingerprint density at radius 3 is 2.91 bits per heavy atom. The van der Waals surface area contributed by atoms with Gasteiger partial charge in [-0.1, -0.05) is 27.7 Å². The van der Waals surface area contributed by atoms with Gasteiger partial charge in [0.1, 0.15) is 0 Å². The SMILES string of the molecule is CC(C)C(=O)N[C@@H]1C(C)(C)[C@@H]2C[C@@H]3[C@@H](CCNC(=O)c4ccc5nc[nH]c5c4)OCC[C@@]31C2. The number of hydrogen-bond acceptors (Lipinski definition) is 4. The first-order valence-electron chi connectivity index (χ1n) is 12.4. The fraction of sp³-hybridized carbons (Fsp3) is 0.654. The highest BCUT2D eigenvalue weighted by Crippen LogP contribution is 2.68. The first kappa shape index (κ1) is 22.4. The number of rotatable bonds is 6. The third kappa shape index (κ3) is 3.65. The summed E-state index contributed by atoms with van der Waals surface area (Å²) in [6, 6.07) is 5.69. The summed E-state index contributed by atoms with van der Waals surface area (Å²) in [6.07, 6.45) is 5.88. The average Bonchev–Trinajstić information content (AvgIpc) is 3.45. The highest BCUT2D eigenvalue weighted by atomic mass is 16.5. The van der Waals surface area contributed by atoms with Gasteiger partial charge in [0.25, 0.3) is 5.91 Å². The number of fused-ring (bicyclic) bond motifs is 2. The monoisotopic (exact) mass is 452 g/mol. The lowest BCUT2D eigenvalue weighted by Crippen LogP contribution is -2.60. The highest BCUT2D eigenvalue weighted by molar-refractivity contribution is 5.97. The van der Waals surface area contributed by atoms with Gasteiger partial charge < -0.3 is 20.4 Å². The Kier molecular flexibility index (Phi) is 5.51. The van der Waals surface area contributed by atoms with Crippen LogP contribution in [0.15, 0.2) is 24.5 Å². The Balaban J connectivity index is 1.25. The molecule has 33 heavy (non-hydrogen) atoms. The van der Waals surface area contributed by atoms with E-state index in [0.29, 0.717) is 23.9 Å². The minimum Gasteiger partial charge on any atom is -0.378 e. The van der Waals surface area contributed by atoms with Crippen LogP contribution in [0.5, 0.6) is 0 Å². The lowest BCUT2D eigenvalue weighted by atomic mass is 9.59. The Labute approximate surface area is 195 Å². The molecule has 2 heterocycles. The van der Waals surface area contributed by atoms with Crippen LogP contribution in [0.3, 0.4) is 0 Å². The topological polar surface area (TPSA) is 96.1 Å². The van der Waals surface area contributed by atoms with Crippen molar-refractivity contribution in [3.8, 4) is 0 Å². The van der Waals surface area contributed by atoms with E-state index in [2.05, 4.69) is 34.4 Å². The summed E-state index contributed by atoms with van der Waals surface area (Å²) in [6.45, 7) is 9.88. The van der Waals surface area contributed by atoms with E-state index in [0.717, 1.165) is 36.9 Å².